The number of hydrogen-bond acceptors (Lipinski definition) is 6. The lowest BCUT2D eigenvalue weighted by Gasteiger charge is -2.26. The number of aromatic nitrogens is 4. The van der Waals surface area contributed by atoms with Gasteiger partial charge in [0, 0.05) is 12.6 Å². The van der Waals surface area contributed by atoms with E-state index in [0.29, 0.717) is 24.0 Å². The van der Waals surface area contributed by atoms with E-state index in [9.17, 15) is 4.79 Å². The third-order valence-corrected chi connectivity index (χ3v) is 3.83. The average Bonchev–Trinajstić information content (AvgIpc) is 3.17. The van der Waals surface area contributed by atoms with Gasteiger partial charge in [-0.25, -0.2) is 14.8 Å². The highest BCUT2D eigenvalue weighted by molar-refractivity contribution is 5.88. The minimum absolute atomic E-state index is 0.330. The molecule has 0 aliphatic heterocycles. The molecule has 2 heterocycles. The van der Waals surface area contributed by atoms with Crippen molar-refractivity contribution in [2.24, 2.45) is 0 Å². The van der Waals surface area contributed by atoms with Gasteiger partial charge in [0.1, 0.15) is 17.7 Å². The van der Waals surface area contributed by atoms with Gasteiger partial charge < -0.3 is 9.84 Å². The van der Waals surface area contributed by atoms with Crippen molar-refractivity contribution < 1.29 is 9.32 Å². The second-order valence-corrected chi connectivity index (χ2v) is 5.33. The van der Waals surface area contributed by atoms with Crippen LogP contribution in [-0.4, -0.2) is 26.1 Å². The Kier molecular flexibility index (Phi) is 3.99. The summed E-state index contributed by atoms with van der Waals surface area (Å²) in [4.78, 5) is 24.4. The van der Waals surface area contributed by atoms with E-state index in [4.69, 9.17) is 4.52 Å². The summed E-state index contributed by atoms with van der Waals surface area (Å²) in [6.45, 7) is 1.95. The molecule has 0 spiro atoms. The zero-order valence-corrected chi connectivity index (χ0v) is 12.4. The summed E-state index contributed by atoms with van der Waals surface area (Å²) >= 11 is 0. The van der Waals surface area contributed by atoms with Gasteiger partial charge in [-0.05, 0) is 18.9 Å². The third-order valence-electron chi connectivity index (χ3n) is 3.83. The number of nitrogens with zero attached hydrogens (tertiary/aromatic N) is 4. The van der Waals surface area contributed by atoms with Crippen molar-refractivity contribution in [3.05, 3.63) is 30.3 Å². The van der Waals surface area contributed by atoms with Crippen LogP contribution < -0.4 is 10.6 Å². The number of nitrogens with one attached hydrogen (secondary N) is 2. The Morgan fingerprint density at radius 3 is 2.86 bits per heavy atom. The van der Waals surface area contributed by atoms with Crippen molar-refractivity contribution in [2.45, 2.75) is 44.6 Å². The maximum Gasteiger partial charge on any atom is 0.321 e. The first-order valence-corrected chi connectivity index (χ1v) is 7.40. The minimum atomic E-state index is -0.561. The SMILES string of the molecule is CCc1nc(C2(NC(=O)Nc3ccncn3)CCCC2)no1. The molecule has 8 heteroatoms. The van der Waals surface area contributed by atoms with Crippen molar-refractivity contribution in [2.75, 3.05) is 5.32 Å². The standard InChI is InChI=1S/C14H18N6O2/c1-2-11-18-12(20-22-11)14(6-3-4-7-14)19-13(21)17-10-5-8-15-9-16-10/h5,8-9H,2-4,6-7H2,1H3,(H2,15,16,17,19,21). The second-order valence-electron chi connectivity index (χ2n) is 5.33. The summed E-state index contributed by atoms with van der Waals surface area (Å²) in [6, 6.07) is 1.30. The van der Waals surface area contributed by atoms with E-state index >= 15 is 0 Å². The predicted molar refractivity (Wildman–Crippen MR) is 78.0 cm³/mol. The van der Waals surface area contributed by atoms with Crippen LogP contribution in [0.4, 0.5) is 10.6 Å². The Hall–Kier alpha value is -2.51. The van der Waals surface area contributed by atoms with Crippen molar-refractivity contribution >= 4 is 11.8 Å². The van der Waals surface area contributed by atoms with Crippen LogP contribution in [0, 0.1) is 0 Å². The zero-order chi connectivity index (χ0) is 15.4. The Morgan fingerprint density at radius 2 is 2.23 bits per heavy atom. The average molecular weight is 302 g/mol. The number of carbonyl (C=O) groups is 1. The number of anilines is 1. The predicted octanol–water partition coefficient (Wildman–Crippen LogP) is 2.01. The lowest BCUT2D eigenvalue weighted by atomic mass is 9.97. The fourth-order valence-electron chi connectivity index (χ4n) is 2.71. The van der Waals surface area contributed by atoms with Crippen molar-refractivity contribution in [1.29, 1.82) is 0 Å². The molecule has 0 bridgehead atoms. The largest absolute Gasteiger partial charge is 0.339 e. The van der Waals surface area contributed by atoms with Crippen molar-refractivity contribution in [3.63, 3.8) is 0 Å². The summed E-state index contributed by atoms with van der Waals surface area (Å²) in [5, 5.41) is 9.74. The summed E-state index contributed by atoms with van der Waals surface area (Å²) < 4.78 is 5.20. The molecular formula is C14H18N6O2. The molecule has 8 nitrogen and oxygen atoms in total. The maximum atomic E-state index is 12.3. The monoisotopic (exact) mass is 302 g/mol. The van der Waals surface area contributed by atoms with E-state index in [1.807, 2.05) is 6.92 Å². The molecule has 3 rings (SSSR count). The molecule has 0 aromatic carbocycles. The quantitative estimate of drug-likeness (QED) is 0.895. The van der Waals surface area contributed by atoms with E-state index in [1.54, 1.807) is 12.3 Å². The van der Waals surface area contributed by atoms with Gasteiger partial charge in [-0.2, -0.15) is 4.98 Å². The number of aryl methyl sites for hydroxylation is 1. The highest BCUT2D eigenvalue weighted by Crippen LogP contribution is 2.37. The number of carbonyl (C=O) groups excluding carboxylic acids is 1. The number of amides is 2. The van der Waals surface area contributed by atoms with E-state index in [1.165, 1.54) is 6.33 Å². The highest BCUT2D eigenvalue weighted by Gasteiger charge is 2.41. The third kappa shape index (κ3) is 2.90. The highest BCUT2D eigenvalue weighted by atomic mass is 16.5. The summed E-state index contributed by atoms with van der Waals surface area (Å²) in [5.74, 6) is 1.59. The van der Waals surface area contributed by atoms with E-state index in [0.717, 1.165) is 25.7 Å². The van der Waals surface area contributed by atoms with Crippen LogP contribution in [0.3, 0.4) is 0 Å². The van der Waals surface area contributed by atoms with Gasteiger partial charge in [0.05, 0.1) is 0 Å². The molecule has 1 saturated carbocycles. The number of hydrogen-bond donors (Lipinski definition) is 2. The molecular weight excluding hydrogens is 284 g/mol. The van der Waals surface area contributed by atoms with E-state index < -0.39 is 5.54 Å². The van der Waals surface area contributed by atoms with E-state index in [2.05, 4.69) is 30.7 Å². The van der Waals surface area contributed by atoms with Gasteiger partial charge >= 0.3 is 6.03 Å². The Labute approximate surface area is 127 Å². The molecule has 2 N–H and O–H groups in total. The number of urea groups is 1. The van der Waals surface area contributed by atoms with Crippen LogP contribution in [0.25, 0.3) is 0 Å². The smallest absolute Gasteiger partial charge is 0.321 e. The molecule has 1 fully saturated rings. The van der Waals surface area contributed by atoms with Gasteiger partial charge in [0.25, 0.3) is 0 Å². The zero-order valence-electron chi connectivity index (χ0n) is 12.4. The summed E-state index contributed by atoms with van der Waals surface area (Å²) in [5.41, 5.74) is -0.561. The van der Waals surface area contributed by atoms with Crippen molar-refractivity contribution in [1.82, 2.24) is 25.4 Å². The van der Waals surface area contributed by atoms with Gasteiger partial charge in [-0.3, -0.25) is 5.32 Å². The molecule has 0 atom stereocenters. The Bertz CT molecular complexity index is 636. The Balaban J connectivity index is 1.75. The molecule has 2 aromatic rings. The van der Waals surface area contributed by atoms with Crippen LogP contribution in [0.15, 0.2) is 23.1 Å². The van der Waals surface area contributed by atoms with Crippen LogP contribution in [0.5, 0.6) is 0 Å². The Morgan fingerprint density at radius 1 is 1.41 bits per heavy atom. The normalized spacial score (nSPS) is 16.4. The molecule has 0 unspecified atom stereocenters. The van der Waals surface area contributed by atoms with Gasteiger partial charge in [0.15, 0.2) is 5.82 Å². The molecule has 2 aromatic heterocycles. The van der Waals surface area contributed by atoms with Crippen LogP contribution in [0.1, 0.15) is 44.3 Å². The molecule has 0 saturated heterocycles. The molecule has 22 heavy (non-hydrogen) atoms. The molecule has 1 aliphatic rings. The maximum absolute atomic E-state index is 12.3. The second kappa shape index (κ2) is 6.08. The topological polar surface area (TPSA) is 106 Å². The summed E-state index contributed by atoms with van der Waals surface area (Å²) in [7, 11) is 0. The van der Waals surface area contributed by atoms with E-state index in [-0.39, 0.29) is 6.03 Å². The lowest BCUT2D eigenvalue weighted by molar-refractivity contribution is 0.232. The fraction of sp³-hybridized carbons (Fsp3) is 0.500. The molecule has 1 aliphatic carbocycles. The summed E-state index contributed by atoms with van der Waals surface area (Å²) in [6.07, 6.45) is 7.26. The molecule has 116 valence electrons. The van der Waals surface area contributed by atoms with Crippen LogP contribution in [0.2, 0.25) is 0 Å². The number of rotatable bonds is 4. The fourth-order valence-corrected chi connectivity index (χ4v) is 2.71. The first kappa shape index (κ1) is 14.4. The molecule has 0 radical (unpaired) electrons. The lowest BCUT2D eigenvalue weighted by Crippen LogP contribution is -2.46. The van der Waals surface area contributed by atoms with Crippen LogP contribution >= 0.6 is 0 Å². The van der Waals surface area contributed by atoms with Gasteiger partial charge in [0.2, 0.25) is 5.89 Å². The van der Waals surface area contributed by atoms with Gasteiger partial charge in [-0.15, -0.1) is 0 Å². The molecule has 2 amide bonds. The minimum Gasteiger partial charge on any atom is -0.339 e. The first-order chi connectivity index (χ1) is 10.7. The van der Waals surface area contributed by atoms with Crippen LogP contribution in [-0.2, 0) is 12.0 Å². The van der Waals surface area contributed by atoms with Gasteiger partial charge in [-0.1, -0.05) is 24.9 Å². The first-order valence-electron chi connectivity index (χ1n) is 7.40. The van der Waals surface area contributed by atoms with Crippen molar-refractivity contribution in [3.8, 4) is 0 Å².